The molecule has 0 radical (unpaired) electrons. The lowest BCUT2D eigenvalue weighted by atomic mass is 10.0. The van der Waals surface area contributed by atoms with Gasteiger partial charge in [-0.05, 0) is 60.9 Å². The van der Waals surface area contributed by atoms with Crippen LogP contribution in [0.2, 0.25) is 0 Å². The quantitative estimate of drug-likeness (QED) is 0.457. The first-order chi connectivity index (χ1) is 15.7. The normalized spacial score (nSPS) is 20.6. The van der Waals surface area contributed by atoms with E-state index in [0.29, 0.717) is 11.7 Å². The van der Waals surface area contributed by atoms with E-state index in [9.17, 15) is 4.79 Å². The van der Waals surface area contributed by atoms with E-state index < -0.39 is 0 Å². The maximum absolute atomic E-state index is 13.1. The van der Waals surface area contributed by atoms with E-state index in [1.807, 2.05) is 17.6 Å². The van der Waals surface area contributed by atoms with Gasteiger partial charge < -0.3 is 5.32 Å². The van der Waals surface area contributed by atoms with Crippen molar-refractivity contribution in [3.05, 3.63) is 69.5 Å². The summed E-state index contributed by atoms with van der Waals surface area (Å²) >= 11 is 3.30. The maximum atomic E-state index is 13.1. The monoisotopic (exact) mass is 460 g/mol. The van der Waals surface area contributed by atoms with E-state index in [-0.39, 0.29) is 11.9 Å². The van der Waals surface area contributed by atoms with Crippen molar-refractivity contribution in [1.82, 2.24) is 20.2 Å². The molecule has 5 heterocycles. The molecule has 2 aliphatic rings. The fourth-order valence-corrected chi connectivity index (χ4v) is 6.54. The molecular formula is C25H24N4OS2. The van der Waals surface area contributed by atoms with Gasteiger partial charge in [-0.25, -0.2) is 9.97 Å². The summed E-state index contributed by atoms with van der Waals surface area (Å²) in [4.78, 5) is 24.7. The molecule has 1 amide bonds. The lowest BCUT2D eigenvalue weighted by Crippen LogP contribution is -2.42. The average Bonchev–Trinajstić information content (AvgIpc) is 3.59. The maximum Gasteiger partial charge on any atom is 0.270 e. The third-order valence-corrected chi connectivity index (χ3v) is 8.29. The molecule has 0 saturated carbocycles. The van der Waals surface area contributed by atoms with Crippen LogP contribution in [0.5, 0.6) is 0 Å². The van der Waals surface area contributed by atoms with Crippen molar-refractivity contribution in [1.29, 1.82) is 0 Å². The number of thiophene rings is 1. The van der Waals surface area contributed by atoms with Crippen molar-refractivity contribution in [2.75, 3.05) is 13.1 Å². The zero-order valence-corrected chi connectivity index (χ0v) is 19.3. The summed E-state index contributed by atoms with van der Waals surface area (Å²) in [7, 11) is 0. The van der Waals surface area contributed by atoms with Gasteiger partial charge in [-0.2, -0.15) is 0 Å². The number of fused-ring (bicyclic) bond motifs is 2. The molecule has 2 atom stereocenters. The van der Waals surface area contributed by atoms with Crippen LogP contribution in [0.1, 0.15) is 40.9 Å². The number of pyridine rings is 1. The molecule has 162 valence electrons. The lowest BCUT2D eigenvalue weighted by molar-refractivity contribution is 0.0924. The van der Waals surface area contributed by atoms with Crippen molar-refractivity contribution >= 4 is 38.8 Å². The Bertz CT molecular complexity index is 1250. The highest BCUT2D eigenvalue weighted by atomic mass is 32.1. The van der Waals surface area contributed by atoms with Gasteiger partial charge in [0.25, 0.3) is 5.91 Å². The van der Waals surface area contributed by atoms with Crippen LogP contribution in [0.3, 0.4) is 0 Å². The third-order valence-electron chi connectivity index (χ3n) is 6.72. The van der Waals surface area contributed by atoms with Crippen molar-refractivity contribution in [2.24, 2.45) is 0 Å². The molecule has 0 spiro atoms. The number of hydrogen-bond acceptors (Lipinski definition) is 6. The van der Waals surface area contributed by atoms with Crippen LogP contribution in [0.25, 0.3) is 21.5 Å². The van der Waals surface area contributed by atoms with E-state index in [0.717, 1.165) is 46.4 Å². The number of hydrogen-bond donors (Lipinski definition) is 1. The standard InChI is InChI=1S/C25H24N4OS2/c30-25(28-19-7-10-29-9-1-2-23(19)29)21-13-18(24-20(27-21)8-11-32-24)12-16-3-5-17(6-4-16)22-14-31-15-26-22/h3-6,8,11,13-15,19,23H,1-2,7,9-10,12H2,(H,28,30). The Morgan fingerprint density at radius 1 is 1.16 bits per heavy atom. The molecule has 7 heteroatoms. The van der Waals surface area contributed by atoms with Gasteiger partial charge in [-0.1, -0.05) is 24.3 Å². The van der Waals surface area contributed by atoms with Crippen LogP contribution in [0.15, 0.2) is 52.7 Å². The summed E-state index contributed by atoms with van der Waals surface area (Å²) in [6.07, 6.45) is 4.23. The van der Waals surface area contributed by atoms with Gasteiger partial charge in [-0.15, -0.1) is 22.7 Å². The number of carbonyl (C=O) groups excluding carboxylic acids is 1. The molecule has 1 aromatic carbocycles. The smallest absolute Gasteiger partial charge is 0.270 e. The fraction of sp³-hybridized carbons (Fsp3) is 0.320. The van der Waals surface area contributed by atoms with Crippen molar-refractivity contribution in [3.63, 3.8) is 0 Å². The molecule has 1 N–H and O–H groups in total. The first kappa shape index (κ1) is 20.0. The number of amides is 1. The predicted octanol–water partition coefficient (Wildman–Crippen LogP) is 4.98. The fourth-order valence-electron chi connectivity index (χ4n) is 5.13. The molecule has 2 saturated heterocycles. The predicted molar refractivity (Wildman–Crippen MR) is 130 cm³/mol. The minimum atomic E-state index is -0.0445. The number of rotatable bonds is 5. The Hall–Kier alpha value is -2.61. The Labute approximate surface area is 195 Å². The van der Waals surface area contributed by atoms with Crippen LogP contribution in [0, 0.1) is 0 Å². The van der Waals surface area contributed by atoms with E-state index in [1.54, 1.807) is 22.7 Å². The van der Waals surface area contributed by atoms with Crippen molar-refractivity contribution in [3.8, 4) is 11.3 Å². The summed E-state index contributed by atoms with van der Waals surface area (Å²) in [6.45, 7) is 2.26. The zero-order chi connectivity index (χ0) is 21.5. The average molecular weight is 461 g/mol. The van der Waals surface area contributed by atoms with Crippen LogP contribution >= 0.6 is 22.7 Å². The second-order valence-corrected chi connectivity index (χ2v) is 10.3. The number of nitrogens with one attached hydrogen (secondary N) is 1. The van der Waals surface area contributed by atoms with E-state index in [1.165, 1.54) is 24.9 Å². The Morgan fingerprint density at radius 3 is 2.91 bits per heavy atom. The number of benzene rings is 1. The van der Waals surface area contributed by atoms with Gasteiger partial charge in [0, 0.05) is 29.6 Å². The number of nitrogens with zero attached hydrogens (tertiary/aromatic N) is 3. The van der Waals surface area contributed by atoms with Gasteiger partial charge in [0.2, 0.25) is 0 Å². The third kappa shape index (κ3) is 3.74. The zero-order valence-electron chi connectivity index (χ0n) is 17.7. The van der Waals surface area contributed by atoms with Crippen molar-refractivity contribution < 1.29 is 4.79 Å². The van der Waals surface area contributed by atoms with Crippen LogP contribution in [-0.2, 0) is 6.42 Å². The largest absolute Gasteiger partial charge is 0.346 e. The lowest BCUT2D eigenvalue weighted by Gasteiger charge is -2.21. The molecule has 2 fully saturated rings. The number of aromatic nitrogens is 2. The first-order valence-electron chi connectivity index (χ1n) is 11.1. The van der Waals surface area contributed by atoms with Gasteiger partial charge in [0.1, 0.15) is 5.69 Å². The molecule has 2 unspecified atom stereocenters. The molecule has 32 heavy (non-hydrogen) atoms. The van der Waals surface area contributed by atoms with Crippen molar-refractivity contribution in [2.45, 2.75) is 37.8 Å². The van der Waals surface area contributed by atoms with E-state index >= 15 is 0 Å². The second-order valence-electron chi connectivity index (χ2n) is 8.66. The van der Waals surface area contributed by atoms with Gasteiger partial charge in [0.05, 0.1) is 21.4 Å². The molecule has 0 bridgehead atoms. The summed E-state index contributed by atoms with van der Waals surface area (Å²) in [5.74, 6) is -0.0445. The van der Waals surface area contributed by atoms with Crippen LogP contribution < -0.4 is 5.32 Å². The van der Waals surface area contributed by atoms with Gasteiger partial charge >= 0.3 is 0 Å². The number of carbonyl (C=O) groups is 1. The van der Waals surface area contributed by atoms with E-state index in [4.69, 9.17) is 4.98 Å². The summed E-state index contributed by atoms with van der Waals surface area (Å²) in [6, 6.07) is 13.3. The molecular weight excluding hydrogens is 436 g/mol. The topological polar surface area (TPSA) is 58.1 Å². The first-order valence-corrected chi connectivity index (χ1v) is 13.0. The molecule has 2 aliphatic heterocycles. The Morgan fingerprint density at radius 2 is 2.06 bits per heavy atom. The molecule has 3 aromatic heterocycles. The van der Waals surface area contributed by atoms with Gasteiger partial charge in [-0.3, -0.25) is 9.69 Å². The van der Waals surface area contributed by atoms with Crippen LogP contribution in [-0.4, -0.2) is 45.9 Å². The molecule has 6 rings (SSSR count). The minimum Gasteiger partial charge on any atom is -0.346 e. The highest BCUT2D eigenvalue weighted by Gasteiger charge is 2.38. The van der Waals surface area contributed by atoms with Gasteiger partial charge in [0.15, 0.2) is 0 Å². The highest BCUT2D eigenvalue weighted by Crippen LogP contribution is 2.30. The SMILES string of the molecule is O=C(NC1CCN2CCCC12)c1cc(Cc2ccc(-c3cscn3)cc2)c2sccc2n1. The summed E-state index contributed by atoms with van der Waals surface area (Å²) in [5.41, 5.74) is 7.81. The highest BCUT2D eigenvalue weighted by molar-refractivity contribution is 7.17. The molecule has 5 nitrogen and oxygen atoms in total. The summed E-state index contributed by atoms with van der Waals surface area (Å²) in [5, 5.41) is 7.41. The molecule has 4 aromatic rings. The minimum absolute atomic E-state index is 0.0445. The Kier molecular flexibility index (Phi) is 5.25. The summed E-state index contributed by atoms with van der Waals surface area (Å²) < 4.78 is 1.16. The molecule has 0 aliphatic carbocycles. The van der Waals surface area contributed by atoms with Crippen LogP contribution in [0.4, 0.5) is 0 Å². The van der Waals surface area contributed by atoms with E-state index in [2.05, 4.69) is 50.2 Å². The number of thiazole rings is 1. The Balaban J connectivity index is 1.25. The second kappa shape index (κ2) is 8.39.